The number of hydrogen-bond donors (Lipinski definition) is 2. The Hall–Kier alpha value is -1.75. The molecular weight excluding hydrogens is 298 g/mol. The molecule has 0 saturated heterocycles. The van der Waals surface area contributed by atoms with E-state index in [1.54, 1.807) is 0 Å². The number of furan rings is 1. The average molecular weight is 310 g/mol. The number of aryl methyl sites for hydroxylation is 1. The molecule has 0 unspecified atom stereocenters. The first kappa shape index (κ1) is 12.7. The van der Waals surface area contributed by atoms with Crippen LogP contribution in [0.25, 0.3) is 0 Å². The van der Waals surface area contributed by atoms with Crippen LogP contribution in [-0.4, -0.2) is 11.1 Å². The Labute approximate surface area is 113 Å². The number of aromatic carboxylic acids is 1. The molecule has 0 aliphatic carbocycles. The Kier molecular flexibility index (Phi) is 3.72. The van der Waals surface area contributed by atoms with Crippen molar-refractivity contribution in [2.75, 3.05) is 5.32 Å². The summed E-state index contributed by atoms with van der Waals surface area (Å²) < 4.78 is 6.18. The molecule has 94 valence electrons. The van der Waals surface area contributed by atoms with Gasteiger partial charge in [0.1, 0.15) is 12.0 Å². The van der Waals surface area contributed by atoms with Gasteiger partial charge in [-0.1, -0.05) is 15.9 Å². The van der Waals surface area contributed by atoms with Crippen molar-refractivity contribution in [2.24, 2.45) is 0 Å². The molecule has 0 aliphatic heterocycles. The van der Waals surface area contributed by atoms with Crippen LogP contribution in [0.5, 0.6) is 0 Å². The van der Waals surface area contributed by atoms with E-state index in [4.69, 9.17) is 9.52 Å². The van der Waals surface area contributed by atoms with Gasteiger partial charge in [0.2, 0.25) is 0 Å². The molecule has 0 aliphatic rings. The van der Waals surface area contributed by atoms with Gasteiger partial charge in [-0.2, -0.15) is 0 Å². The summed E-state index contributed by atoms with van der Waals surface area (Å²) in [5, 5.41) is 12.0. The molecule has 0 bridgehead atoms. The zero-order chi connectivity index (χ0) is 13.1. The summed E-state index contributed by atoms with van der Waals surface area (Å²) >= 11 is 3.40. The molecule has 0 spiro atoms. The SMILES string of the molecule is Cc1cc(Br)ccc1NCc1cc(C(=O)O)co1. The second-order valence-electron chi connectivity index (χ2n) is 3.92. The van der Waals surface area contributed by atoms with Crippen molar-refractivity contribution in [2.45, 2.75) is 13.5 Å². The normalized spacial score (nSPS) is 10.3. The molecule has 0 radical (unpaired) electrons. The molecule has 0 fully saturated rings. The summed E-state index contributed by atoms with van der Waals surface area (Å²) in [7, 11) is 0. The average Bonchev–Trinajstić information content (AvgIpc) is 2.76. The van der Waals surface area contributed by atoms with Crippen LogP contribution in [-0.2, 0) is 6.54 Å². The van der Waals surface area contributed by atoms with E-state index in [1.165, 1.54) is 12.3 Å². The first-order valence-corrected chi connectivity index (χ1v) is 6.16. The van der Waals surface area contributed by atoms with Gasteiger partial charge in [0.15, 0.2) is 0 Å². The summed E-state index contributed by atoms with van der Waals surface area (Å²) in [6.45, 7) is 2.45. The first-order chi connectivity index (χ1) is 8.56. The Morgan fingerprint density at radius 1 is 1.44 bits per heavy atom. The van der Waals surface area contributed by atoms with Crippen LogP contribution >= 0.6 is 15.9 Å². The van der Waals surface area contributed by atoms with Crippen molar-refractivity contribution in [1.82, 2.24) is 0 Å². The topological polar surface area (TPSA) is 62.5 Å². The first-order valence-electron chi connectivity index (χ1n) is 5.37. The van der Waals surface area contributed by atoms with Gasteiger partial charge in [0, 0.05) is 10.2 Å². The van der Waals surface area contributed by atoms with E-state index in [0.29, 0.717) is 12.3 Å². The largest absolute Gasteiger partial charge is 0.478 e. The number of anilines is 1. The van der Waals surface area contributed by atoms with Crippen LogP contribution in [0.15, 0.2) is 39.4 Å². The highest BCUT2D eigenvalue weighted by Gasteiger charge is 2.08. The summed E-state index contributed by atoms with van der Waals surface area (Å²) in [4.78, 5) is 10.7. The van der Waals surface area contributed by atoms with E-state index in [-0.39, 0.29) is 5.56 Å². The highest BCUT2D eigenvalue weighted by Crippen LogP contribution is 2.21. The van der Waals surface area contributed by atoms with Gasteiger partial charge in [0.05, 0.1) is 12.1 Å². The van der Waals surface area contributed by atoms with Crippen LogP contribution in [0.1, 0.15) is 21.7 Å². The summed E-state index contributed by atoms with van der Waals surface area (Å²) in [5.74, 6) is -0.389. The maximum absolute atomic E-state index is 10.7. The number of benzene rings is 1. The zero-order valence-electron chi connectivity index (χ0n) is 9.74. The predicted octanol–water partition coefficient (Wildman–Crippen LogP) is 3.66. The van der Waals surface area contributed by atoms with E-state index in [2.05, 4.69) is 21.2 Å². The molecule has 1 aromatic heterocycles. The van der Waals surface area contributed by atoms with Gasteiger partial charge in [0.25, 0.3) is 0 Å². The Morgan fingerprint density at radius 2 is 2.22 bits per heavy atom. The van der Waals surface area contributed by atoms with E-state index in [0.717, 1.165) is 15.7 Å². The standard InChI is InChI=1S/C13H12BrNO3/c1-8-4-10(14)2-3-12(8)15-6-11-5-9(7-18-11)13(16)17/h2-5,7,15H,6H2,1H3,(H,16,17). The predicted molar refractivity (Wildman–Crippen MR) is 71.9 cm³/mol. The lowest BCUT2D eigenvalue weighted by Crippen LogP contribution is -2.00. The molecule has 2 N–H and O–H groups in total. The number of carboxylic acids is 1. The minimum absolute atomic E-state index is 0.166. The third-order valence-electron chi connectivity index (χ3n) is 2.54. The fourth-order valence-corrected chi connectivity index (χ4v) is 2.07. The zero-order valence-corrected chi connectivity index (χ0v) is 11.3. The van der Waals surface area contributed by atoms with Crippen molar-refractivity contribution in [3.8, 4) is 0 Å². The Bertz CT molecular complexity index is 577. The number of hydrogen-bond acceptors (Lipinski definition) is 3. The number of nitrogens with one attached hydrogen (secondary N) is 1. The third-order valence-corrected chi connectivity index (χ3v) is 3.04. The van der Waals surface area contributed by atoms with Gasteiger partial charge in [-0.25, -0.2) is 4.79 Å². The van der Waals surface area contributed by atoms with E-state index >= 15 is 0 Å². The molecule has 2 rings (SSSR count). The van der Waals surface area contributed by atoms with Gasteiger partial charge in [-0.3, -0.25) is 0 Å². The molecule has 1 aromatic carbocycles. The van der Waals surface area contributed by atoms with Crippen LogP contribution in [0, 0.1) is 6.92 Å². The van der Waals surface area contributed by atoms with Crippen LogP contribution in [0.2, 0.25) is 0 Å². The van der Waals surface area contributed by atoms with Crippen LogP contribution < -0.4 is 5.32 Å². The minimum Gasteiger partial charge on any atom is -0.478 e. The number of carboxylic acid groups (broad SMARTS) is 1. The Morgan fingerprint density at radius 3 is 2.83 bits per heavy atom. The lowest BCUT2D eigenvalue weighted by molar-refractivity contribution is 0.0696. The second kappa shape index (κ2) is 5.27. The van der Waals surface area contributed by atoms with E-state index < -0.39 is 5.97 Å². The summed E-state index contributed by atoms with van der Waals surface area (Å²) in [5.41, 5.74) is 2.26. The van der Waals surface area contributed by atoms with Crippen LogP contribution in [0.4, 0.5) is 5.69 Å². The quantitative estimate of drug-likeness (QED) is 0.904. The lowest BCUT2D eigenvalue weighted by atomic mass is 10.2. The molecule has 4 nitrogen and oxygen atoms in total. The number of halogens is 1. The number of rotatable bonds is 4. The molecule has 0 saturated carbocycles. The van der Waals surface area contributed by atoms with Gasteiger partial charge < -0.3 is 14.8 Å². The number of carbonyl (C=O) groups is 1. The van der Waals surface area contributed by atoms with Crippen molar-refractivity contribution in [3.05, 3.63) is 51.9 Å². The minimum atomic E-state index is -0.982. The van der Waals surface area contributed by atoms with E-state index in [1.807, 2.05) is 25.1 Å². The monoisotopic (exact) mass is 309 g/mol. The Balaban J connectivity index is 2.04. The fraction of sp³-hybridized carbons (Fsp3) is 0.154. The smallest absolute Gasteiger partial charge is 0.338 e. The van der Waals surface area contributed by atoms with E-state index in [9.17, 15) is 4.79 Å². The molecule has 5 heteroatoms. The lowest BCUT2D eigenvalue weighted by Gasteiger charge is -2.08. The van der Waals surface area contributed by atoms with Gasteiger partial charge in [-0.05, 0) is 36.8 Å². The second-order valence-corrected chi connectivity index (χ2v) is 4.84. The van der Waals surface area contributed by atoms with Crippen molar-refractivity contribution in [1.29, 1.82) is 0 Å². The van der Waals surface area contributed by atoms with Crippen molar-refractivity contribution in [3.63, 3.8) is 0 Å². The molecule has 2 aromatic rings. The molecule has 0 amide bonds. The van der Waals surface area contributed by atoms with Gasteiger partial charge in [-0.15, -0.1) is 0 Å². The highest BCUT2D eigenvalue weighted by molar-refractivity contribution is 9.10. The summed E-state index contributed by atoms with van der Waals surface area (Å²) in [6.07, 6.45) is 1.24. The van der Waals surface area contributed by atoms with Crippen molar-refractivity contribution < 1.29 is 14.3 Å². The molecular formula is C13H12BrNO3. The fourth-order valence-electron chi connectivity index (χ4n) is 1.59. The third kappa shape index (κ3) is 2.92. The van der Waals surface area contributed by atoms with Crippen molar-refractivity contribution >= 4 is 27.6 Å². The summed E-state index contributed by atoms with van der Waals surface area (Å²) in [6, 6.07) is 7.43. The molecule has 0 atom stereocenters. The van der Waals surface area contributed by atoms with Gasteiger partial charge >= 0.3 is 5.97 Å². The maximum Gasteiger partial charge on any atom is 0.338 e. The molecule has 18 heavy (non-hydrogen) atoms. The molecule has 1 heterocycles. The van der Waals surface area contributed by atoms with Crippen LogP contribution in [0.3, 0.4) is 0 Å². The maximum atomic E-state index is 10.7. The highest BCUT2D eigenvalue weighted by atomic mass is 79.9.